The summed E-state index contributed by atoms with van der Waals surface area (Å²) in [6.45, 7) is -0.664. The first-order valence-electron chi connectivity index (χ1n) is 12.5. The molecule has 1 aliphatic carbocycles. The molecule has 1 saturated carbocycles. The molecule has 1 saturated heterocycles. The lowest BCUT2D eigenvalue weighted by molar-refractivity contribution is -0.211. The fourth-order valence-electron chi connectivity index (χ4n) is 5.18. The van der Waals surface area contributed by atoms with Crippen LogP contribution in [0.3, 0.4) is 0 Å². The van der Waals surface area contributed by atoms with Gasteiger partial charge in [-0.05, 0) is 43.2 Å². The number of aliphatic hydroxyl groups excluding tert-OH is 3. The minimum absolute atomic E-state index is 0.0435. The molecule has 15 heteroatoms. The Morgan fingerprint density at radius 3 is 2.32 bits per heavy atom. The summed E-state index contributed by atoms with van der Waals surface area (Å²) in [4.78, 5) is 15.6. The van der Waals surface area contributed by atoms with Gasteiger partial charge in [0.2, 0.25) is 0 Å². The Kier molecular flexibility index (Phi) is 8.85. The molecule has 1 aliphatic heterocycles. The highest BCUT2D eigenvalue weighted by molar-refractivity contribution is 9.11. The molecule has 0 bridgehead atoms. The van der Waals surface area contributed by atoms with E-state index in [9.17, 15) is 33.3 Å². The highest BCUT2D eigenvalue weighted by Gasteiger charge is 2.52. The van der Waals surface area contributed by atoms with Crippen LogP contribution in [0.25, 0.3) is 11.3 Å². The molecule has 7 atom stereocenters. The van der Waals surface area contributed by atoms with Crippen LogP contribution in [-0.4, -0.2) is 86.5 Å². The van der Waals surface area contributed by atoms with Crippen LogP contribution in [0.1, 0.15) is 18.9 Å². The van der Waals surface area contributed by atoms with Gasteiger partial charge in [-0.15, -0.1) is 5.10 Å². The van der Waals surface area contributed by atoms with Crippen molar-refractivity contribution in [3.8, 4) is 11.3 Å². The Morgan fingerprint density at radius 1 is 1.12 bits per heavy atom. The summed E-state index contributed by atoms with van der Waals surface area (Å²) in [5, 5.41) is 39.6. The van der Waals surface area contributed by atoms with Gasteiger partial charge in [0.05, 0.1) is 24.9 Å². The number of anilines is 1. The first-order chi connectivity index (χ1) is 19.5. The van der Waals surface area contributed by atoms with Crippen molar-refractivity contribution in [2.24, 2.45) is 0 Å². The Labute approximate surface area is 248 Å². The van der Waals surface area contributed by atoms with Crippen LogP contribution in [0.2, 0.25) is 0 Å². The summed E-state index contributed by atoms with van der Waals surface area (Å²) in [7, 11) is 1.30. The van der Waals surface area contributed by atoms with Crippen LogP contribution in [0.4, 0.5) is 18.9 Å². The predicted octanol–water partition coefficient (Wildman–Crippen LogP) is 3.12. The molecule has 5 unspecified atom stereocenters. The van der Waals surface area contributed by atoms with Gasteiger partial charge < -0.3 is 29.7 Å². The molecule has 2 aromatic carbocycles. The van der Waals surface area contributed by atoms with Gasteiger partial charge in [-0.3, -0.25) is 4.79 Å². The van der Waals surface area contributed by atoms with Gasteiger partial charge in [-0.2, -0.15) is 0 Å². The normalized spacial score (nSPS) is 27.9. The van der Waals surface area contributed by atoms with E-state index in [1.807, 2.05) is 0 Å². The predicted molar refractivity (Wildman–Crippen MR) is 145 cm³/mol. The summed E-state index contributed by atoms with van der Waals surface area (Å²) in [6.07, 6.45) is -3.79. The number of methoxy groups -OCH3 is 1. The maximum absolute atomic E-state index is 14.2. The second-order valence-electron chi connectivity index (χ2n) is 9.84. The van der Waals surface area contributed by atoms with E-state index in [0.29, 0.717) is 27.5 Å². The molecule has 1 aromatic heterocycles. The third kappa shape index (κ3) is 5.68. The fourth-order valence-corrected chi connectivity index (χ4v) is 6.45. The Hall–Kier alpha value is -2.40. The molecule has 2 heterocycles. The zero-order valence-corrected chi connectivity index (χ0v) is 24.5. The Bertz CT molecular complexity index is 1400. The molecule has 0 spiro atoms. The molecule has 220 valence electrons. The van der Waals surface area contributed by atoms with Gasteiger partial charge in [-0.1, -0.05) is 37.1 Å². The lowest BCUT2D eigenvalue weighted by Gasteiger charge is -2.47. The van der Waals surface area contributed by atoms with Crippen molar-refractivity contribution in [1.29, 1.82) is 0 Å². The highest BCUT2D eigenvalue weighted by Crippen LogP contribution is 2.38. The minimum Gasteiger partial charge on any atom is -0.394 e. The van der Waals surface area contributed by atoms with E-state index < -0.39 is 72.6 Å². The number of halogens is 5. The molecule has 2 fully saturated rings. The van der Waals surface area contributed by atoms with Crippen molar-refractivity contribution >= 4 is 43.5 Å². The van der Waals surface area contributed by atoms with Gasteiger partial charge in [0, 0.05) is 27.3 Å². The summed E-state index contributed by atoms with van der Waals surface area (Å²) in [5.41, 5.74) is 0.308. The second-order valence-corrected chi connectivity index (χ2v) is 11.7. The number of carbonyl (C=O) groups is 1. The van der Waals surface area contributed by atoms with Gasteiger partial charge in [0.15, 0.2) is 23.6 Å². The van der Waals surface area contributed by atoms with Gasteiger partial charge >= 0.3 is 0 Å². The first-order valence-corrected chi connectivity index (χ1v) is 14.1. The van der Waals surface area contributed by atoms with E-state index in [1.165, 1.54) is 18.2 Å². The number of rotatable bonds is 7. The molecule has 1 amide bonds. The highest BCUT2D eigenvalue weighted by atomic mass is 79.9. The van der Waals surface area contributed by atoms with Gasteiger partial charge in [0.1, 0.15) is 30.0 Å². The van der Waals surface area contributed by atoms with Crippen LogP contribution >= 0.6 is 31.9 Å². The maximum Gasteiger partial charge on any atom is 0.259 e. The molecule has 10 nitrogen and oxygen atoms in total. The fraction of sp³-hybridized carbons (Fsp3) is 0.423. The van der Waals surface area contributed by atoms with E-state index in [2.05, 4.69) is 42.2 Å². The standard InChI is InChI=1S/C26H25Br2F3N4O6/c1-40-24-22(34-9-17(32-33-34)11-4-15(29)21(31)16(30)5-11)23(38)20(10-36)41-25(24)26(39)35(18-2-3-19(18)37)14-7-12(27)6-13(28)8-14/h4-9,18-20,22-25,36-38H,2-3,10H2,1H3/t18-,19-,20?,22?,23?,24?,25?/m1/s1. The van der Waals surface area contributed by atoms with Crippen LogP contribution in [0.5, 0.6) is 0 Å². The van der Waals surface area contributed by atoms with Gasteiger partial charge in [-0.25, -0.2) is 17.9 Å². The van der Waals surface area contributed by atoms with Crippen LogP contribution < -0.4 is 4.90 Å². The van der Waals surface area contributed by atoms with Crippen molar-refractivity contribution in [1.82, 2.24) is 15.0 Å². The Morgan fingerprint density at radius 2 is 1.78 bits per heavy atom. The van der Waals surface area contributed by atoms with Crippen LogP contribution in [0, 0.1) is 17.5 Å². The Balaban J connectivity index is 1.53. The molecule has 3 aromatic rings. The van der Waals surface area contributed by atoms with Crippen molar-refractivity contribution in [2.45, 2.75) is 55.4 Å². The number of hydrogen-bond acceptors (Lipinski definition) is 8. The van der Waals surface area contributed by atoms with Crippen LogP contribution in [-0.2, 0) is 14.3 Å². The maximum atomic E-state index is 14.2. The second kappa shape index (κ2) is 12.1. The van der Waals surface area contributed by atoms with E-state index in [0.717, 1.165) is 16.8 Å². The molecule has 0 radical (unpaired) electrons. The lowest BCUT2D eigenvalue weighted by Crippen LogP contribution is -2.64. The van der Waals surface area contributed by atoms with Crippen molar-refractivity contribution in [3.05, 3.63) is 62.9 Å². The number of carbonyl (C=O) groups excluding carboxylic acids is 1. The minimum atomic E-state index is -1.63. The van der Waals surface area contributed by atoms with E-state index >= 15 is 0 Å². The summed E-state index contributed by atoms with van der Waals surface area (Å²) >= 11 is 6.84. The largest absolute Gasteiger partial charge is 0.394 e. The monoisotopic (exact) mass is 704 g/mol. The molecular formula is C26H25Br2F3N4O6. The smallest absolute Gasteiger partial charge is 0.259 e. The van der Waals surface area contributed by atoms with E-state index in [1.54, 1.807) is 18.2 Å². The SMILES string of the molecule is COC1C(C(=O)N(c2cc(Br)cc(Br)c2)[C@@H]2CC[C@H]2O)OC(CO)C(O)C1n1cc(-c2cc(F)c(F)c(F)c2)nn1. The molecule has 2 aliphatic rings. The lowest BCUT2D eigenvalue weighted by atomic mass is 9.85. The average Bonchev–Trinajstić information content (AvgIpc) is 3.42. The van der Waals surface area contributed by atoms with Crippen molar-refractivity contribution in [2.75, 3.05) is 18.6 Å². The third-order valence-corrected chi connectivity index (χ3v) is 8.29. The molecule has 5 rings (SSSR count). The van der Waals surface area contributed by atoms with E-state index in [-0.39, 0.29) is 11.3 Å². The summed E-state index contributed by atoms with van der Waals surface area (Å²) < 4.78 is 55.2. The van der Waals surface area contributed by atoms with E-state index in [4.69, 9.17) is 9.47 Å². The average molecular weight is 706 g/mol. The molecule has 3 N–H and O–H groups in total. The summed E-state index contributed by atoms with van der Waals surface area (Å²) in [5.74, 6) is -5.06. The number of aliphatic hydroxyl groups is 3. The number of amides is 1. The number of hydrogen-bond donors (Lipinski definition) is 3. The third-order valence-electron chi connectivity index (χ3n) is 7.37. The number of benzene rings is 2. The first kappa shape index (κ1) is 30.1. The quantitative estimate of drug-likeness (QED) is 0.320. The van der Waals surface area contributed by atoms with Crippen molar-refractivity contribution in [3.63, 3.8) is 0 Å². The number of nitrogens with zero attached hydrogens (tertiary/aromatic N) is 4. The zero-order chi connectivity index (χ0) is 29.6. The van der Waals surface area contributed by atoms with Crippen LogP contribution in [0.15, 0.2) is 45.5 Å². The zero-order valence-electron chi connectivity index (χ0n) is 21.4. The molecular weight excluding hydrogens is 681 g/mol. The summed E-state index contributed by atoms with van der Waals surface area (Å²) in [6, 6.07) is 4.98. The van der Waals surface area contributed by atoms with Gasteiger partial charge in [0.25, 0.3) is 5.91 Å². The topological polar surface area (TPSA) is 130 Å². The number of ether oxygens (including phenoxy) is 2. The van der Waals surface area contributed by atoms with Crippen molar-refractivity contribution < 1.29 is 42.8 Å². The molecule has 41 heavy (non-hydrogen) atoms. The number of aromatic nitrogens is 3.